The number of carboxylic acid groups (broad SMARTS) is 1. The van der Waals surface area contributed by atoms with Crippen LogP contribution in [-0.2, 0) is 23.7 Å². The monoisotopic (exact) mass is 780 g/mol. The predicted octanol–water partition coefficient (Wildman–Crippen LogP) is 2.88. The van der Waals surface area contributed by atoms with Gasteiger partial charge in [-0.1, -0.05) is 60.1 Å². The second-order valence-electron chi connectivity index (χ2n) is 20.7. The van der Waals surface area contributed by atoms with Crippen LogP contribution in [0.1, 0.15) is 113 Å². The summed E-state index contributed by atoms with van der Waals surface area (Å²) in [5, 5.41) is 84.2. The van der Waals surface area contributed by atoms with E-state index in [4.69, 9.17) is 18.9 Å². The van der Waals surface area contributed by atoms with Crippen LogP contribution in [0.25, 0.3) is 0 Å². The minimum atomic E-state index is -1.74. The average Bonchev–Trinajstić information content (AvgIpc) is 3.12. The van der Waals surface area contributed by atoms with E-state index in [0.29, 0.717) is 12.3 Å². The first-order chi connectivity index (χ1) is 25.6. The Kier molecular flexibility index (Phi) is 10.8. The lowest BCUT2D eigenvalue weighted by molar-refractivity contribution is -0.368. The lowest BCUT2D eigenvalue weighted by atomic mass is 9.33. The zero-order valence-electron chi connectivity index (χ0n) is 33.8. The largest absolute Gasteiger partial charge is 0.481 e. The minimum Gasteiger partial charge on any atom is -0.481 e. The van der Waals surface area contributed by atoms with Gasteiger partial charge < -0.3 is 59.8 Å². The Hall–Kier alpha value is -1.23. The molecule has 2 heterocycles. The lowest BCUT2D eigenvalue weighted by Crippen LogP contribution is -2.66. The molecular formula is C42H68O13. The summed E-state index contributed by atoms with van der Waals surface area (Å²) in [5.74, 6) is 0.0886. The smallest absolute Gasteiger partial charge is 0.310 e. The van der Waals surface area contributed by atoms with Crippen LogP contribution < -0.4 is 0 Å². The Morgan fingerprint density at radius 2 is 1.35 bits per heavy atom. The predicted molar refractivity (Wildman–Crippen MR) is 198 cm³/mol. The van der Waals surface area contributed by atoms with Crippen LogP contribution in [0, 0.1) is 50.2 Å². The Bertz CT molecular complexity index is 1480. The Morgan fingerprint density at radius 3 is 2.00 bits per heavy atom. The molecule has 0 spiro atoms. The van der Waals surface area contributed by atoms with Gasteiger partial charge in [0, 0.05) is 0 Å². The summed E-state index contributed by atoms with van der Waals surface area (Å²) in [6, 6.07) is 0. The van der Waals surface area contributed by atoms with E-state index in [9.17, 15) is 45.6 Å². The molecule has 7 aliphatic rings. The van der Waals surface area contributed by atoms with Crippen molar-refractivity contribution in [1.29, 1.82) is 0 Å². The fraction of sp³-hybridized carbons (Fsp3) is 0.929. The van der Waals surface area contributed by atoms with Gasteiger partial charge in [0.25, 0.3) is 0 Å². The van der Waals surface area contributed by atoms with Gasteiger partial charge >= 0.3 is 5.97 Å². The van der Waals surface area contributed by atoms with Crippen LogP contribution in [0.5, 0.6) is 0 Å². The van der Waals surface area contributed by atoms with E-state index in [1.165, 1.54) is 5.57 Å². The van der Waals surface area contributed by atoms with Crippen molar-refractivity contribution >= 4 is 5.97 Å². The van der Waals surface area contributed by atoms with E-state index in [1.807, 2.05) is 0 Å². The van der Waals surface area contributed by atoms with E-state index in [2.05, 4.69) is 54.5 Å². The van der Waals surface area contributed by atoms with Gasteiger partial charge in [-0.15, -0.1) is 0 Å². The molecule has 2 aliphatic heterocycles. The van der Waals surface area contributed by atoms with Crippen molar-refractivity contribution in [2.45, 2.75) is 180 Å². The highest BCUT2D eigenvalue weighted by Crippen LogP contribution is 2.76. The number of allylic oxidation sites excluding steroid dienone is 2. The topological polar surface area (TPSA) is 216 Å². The van der Waals surface area contributed by atoms with Crippen molar-refractivity contribution in [3.8, 4) is 0 Å². The molecule has 4 saturated carbocycles. The van der Waals surface area contributed by atoms with Gasteiger partial charge in [0.15, 0.2) is 12.6 Å². The van der Waals surface area contributed by atoms with Gasteiger partial charge in [-0.2, -0.15) is 0 Å². The fourth-order valence-corrected chi connectivity index (χ4v) is 13.7. The summed E-state index contributed by atoms with van der Waals surface area (Å²) in [4.78, 5) is 13.0. The van der Waals surface area contributed by atoms with Gasteiger partial charge in [-0.05, 0) is 109 Å². The summed E-state index contributed by atoms with van der Waals surface area (Å²) in [5.41, 5.74) is 0.344. The van der Waals surface area contributed by atoms with Crippen LogP contribution in [-0.4, -0.2) is 128 Å². The van der Waals surface area contributed by atoms with Crippen molar-refractivity contribution in [3.63, 3.8) is 0 Å². The summed E-state index contributed by atoms with van der Waals surface area (Å²) in [7, 11) is 0. The number of aliphatic hydroxyl groups is 7. The molecular weight excluding hydrogens is 712 g/mol. The van der Waals surface area contributed by atoms with Gasteiger partial charge in [0.1, 0.15) is 48.8 Å². The van der Waals surface area contributed by atoms with Crippen molar-refractivity contribution < 1.29 is 64.6 Å². The molecule has 0 aromatic rings. The first-order valence-electron chi connectivity index (χ1n) is 20.8. The molecule has 6 fully saturated rings. The summed E-state index contributed by atoms with van der Waals surface area (Å²) in [6.07, 6.45) is -4.17. The number of carboxylic acids is 1. The molecule has 0 bridgehead atoms. The molecule has 0 aromatic carbocycles. The van der Waals surface area contributed by atoms with Crippen LogP contribution in [0.4, 0.5) is 0 Å². The maximum Gasteiger partial charge on any atom is 0.310 e. The van der Waals surface area contributed by atoms with Crippen LogP contribution >= 0.6 is 0 Å². The van der Waals surface area contributed by atoms with Crippen molar-refractivity contribution in [2.24, 2.45) is 50.2 Å². The number of aliphatic carboxylic acids is 1. The quantitative estimate of drug-likeness (QED) is 0.138. The molecule has 55 heavy (non-hydrogen) atoms. The molecule has 5 aliphatic carbocycles. The van der Waals surface area contributed by atoms with Crippen molar-refractivity contribution in [1.82, 2.24) is 0 Å². The third-order valence-corrected chi connectivity index (χ3v) is 17.3. The van der Waals surface area contributed by atoms with E-state index in [1.54, 1.807) is 0 Å². The molecule has 0 unspecified atom stereocenters. The van der Waals surface area contributed by atoms with E-state index in [-0.39, 0.29) is 45.0 Å². The van der Waals surface area contributed by atoms with Crippen molar-refractivity contribution in [3.05, 3.63) is 11.6 Å². The highest BCUT2D eigenvalue weighted by Gasteiger charge is 2.69. The Labute approximate surface area is 325 Å². The first kappa shape index (κ1) is 41.9. The third-order valence-electron chi connectivity index (χ3n) is 17.3. The standard InChI is InChI=1S/C42H68O13/c1-37(2)14-16-42(36(50)51)17-15-40(6)21(22(42)18-37)8-9-26-39(5)12-11-27(38(3,4)25(39)10-13-41(26,40)7)54-34-32(49)30(47)33(24(20-44)53-34)55-35-31(48)29(46)28(45)23(19-43)52-35/h8,22-35,43-49H,9-20H2,1-7H3,(H,50,51)/t22-,23+,24+,25-,26+,27+,28-,29-,30+,31+,32+,33+,34-,35-,39-,40+,41+,42-/m0/s1. The van der Waals surface area contributed by atoms with Gasteiger partial charge in [0.05, 0.1) is 24.7 Å². The van der Waals surface area contributed by atoms with E-state index in [0.717, 1.165) is 57.8 Å². The lowest BCUT2D eigenvalue weighted by Gasteiger charge is -2.71. The number of aliphatic hydroxyl groups excluding tert-OH is 7. The highest BCUT2D eigenvalue weighted by molar-refractivity contribution is 5.76. The van der Waals surface area contributed by atoms with E-state index < -0.39 is 86.0 Å². The van der Waals surface area contributed by atoms with Gasteiger partial charge in [-0.25, -0.2) is 0 Å². The normalized spacial score (nSPS) is 53.2. The molecule has 13 nitrogen and oxygen atoms in total. The molecule has 314 valence electrons. The van der Waals surface area contributed by atoms with Gasteiger partial charge in [-0.3, -0.25) is 4.79 Å². The summed E-state index contributed by atoms with van der Waals surface area (Å²) < 4.78 is 23.9. The fourth-order valence-electron chi connectivity index (χ4n) is 13.7. The number of hydrogen-bond donors (Lipinski definition) is 8. The minimum absolute atomic E-state index is 0.00451. The van der Waals surface area contributed by atoms with Gasteiger partial charge in [0.2, 0.25) is 0 Å². The second kappa shape index (κ2) is 14.2. The zero-order valence-corrected chi connectivity index (χ0v) is 33.8. The summed E-state index contributed by atoms with van der Waals surface area (Å²) in [6.45, 7) is 15.1. The Morgan fingerprint density at radius 1 is 0.727 bits per heavy atom. The zero-order chi connectivity index (χ0) is 40.3. The maximum atomic E-state index is 13.0. The average molecular weight is 781 g/mol. The number of carbonyl (C=O) groups is 1. The molecule has 2 saturated heterocycles. The maximum absolute atomic E-state index is 13.0. The van der Waals surface area contributed by atoms with E-state index >= 15 is 0 Å². The number of hydrogen-bond acceptors (Lipinski definition) is 12. The molecule has 18 atom stereocenters. The molecule has 8 N–H and O–H groups in total. The second-order valence-corrected chi connectivity index (χ2v) is 20.7. The number of ether oxygens (including phenoxy) is 4. The molecule has 13 heteroatoms. The molecule has 0 aromatic heterocycles. The van der Waals surface area contributed by atoms with Crippen molar-refractivity contribution in [2.75, 3.05) is 13.2 Å². The number of fused-ring (bicyclic) bond motifs is 7. The highest BCUT2D eigenvalue weighted by atomic mass is 16.7. The van der Waals surface area contributed by atoms with Crippen LogP contribution in [0.15, 0.2) is 11.6 Å². The third kappa shape index (κ3) is 6.23. The SMILES string of the molecule is CC1(C)CC[C@]2(C(=O)O)CC[C@]3(C)C(=CC[C@@H]4[C@@]5(C)CC[C@@H](O[C@@H]6O[C@H](CO)[C@@H](O[C@@H]7O[C@H](CO)[C@H](O)[C@H](O)[C@H]7O)[C@H](O)[C@H]6O)C(C)(C)[C@@H]5CC[C@]43C)[C@@H]2C1. The Balaban J connectivity index is 1.08. The molecule has 0 amide bonds. The summed E-state index contributed by atoms with van der Waals surface area (Å²) >= 11 is 0. The molecule has 0 radical (unpaired) electrons. The van der Waals surface area contributed by atoms with Crippen LogP contribution in [0.3, 0.4) is 0 Å². The first-order valence-corrected chi connectivity index (χ1v) is 20.8. The van der Waals surface area contributed by atoms with Crippen LogP contribution in [0.2, 0.25) is 0 Å². The molecule has 7 rings (SSSR count). The number of rotatable bonds is 7.